The number of halogens is 1. The average Bonchev–Trinajstić information content (AvgIpc) is 2.69. The monoisotopic (exact) mass is 273 g/mol. The third-order valence-electron chi connectivity index (χ3n) is 3.54. The maximum Gasteiger partial charge on any atom is 0.164 e. The normalized spacial score (nSPS) is 17.5. The molecule has 1 unspecified atom stereocenters. The fraction of sp³-hybridized carbons (Fsp3) is 0.133. The SMILES string of the molecule is Nc1cc2c(cc1O)C(=O)CC2c1ccc(Cl)cc1. The molecule has 0 radical (unpaired) electrons. The molecule has 96 valence electrons. The largest absolute Gasteiger partial charge is 0.506 e. The van der Waals surface area contributed by atoms with Crippen molar-refractivity contribution in [3.8, 4) is 5.75 Å². The molecule has 1 aliphatic carbocycles. The van der Waals surface area contributed by atoms with E-state index in [1.54, 1.807) is 6.07 Å². The van der Waals surface area contributed by atoms with E-state index in [0.29, 0.717) is 22.7 Å². The number of nitrogens with two attached hydrogens (primary N) is 1. The van der Waals surface area contributed by atoms with Crippen molar-refractivity contribution in [2.45, 2.75) is 12.3 Å². The van der Waals surface area contributed by atoms with Crippen LogP contribution in [0.1, 0.15) is 33.8 Å². The molecule has 4 heteroatoms. The quantitative estimate of drug-likeness (QED) is 0.619. The summed E-state index contributed by atoms with van der Waals surface area (Å²) in [4.78, 5) is 12.0. The van der Waals surface area contributed by atoms with Gasteiger partial charge in [0.05, 0.1) is 5.69 Å². The summed E-state index contributed by atoms with van der Waals surface area (Å²) in [7, 11) is 0. The van der Waals surface area contributed by atoms with Gasteiger partial charge in [0.25, 0.3) is 0 Å². The highest BCUT2D eigenvalue weighted by Gasteiger charge is 2.31. The molecule has 3 rings (SSSR count). The molecule has 0 saturated carbocycles. The van der Waals surface area contributed by atoms with Gasteiger partial charge in [-0.3, -0.25) is 4.79 Å². The van der Waals surface area contributed by atoms with Gasteiger partial charge < -0.3 is 10.8 Å². The summed E-state index contributed by atoms with van der Waals surface area (Å²) in [6.07, 6.45) is 0.403. The molecule has 0 saturated heterocycles. The molecular weight excluding hydrogens is 262 g/mol. The van der Waals surface area contributed by atoms with Crippen molar-refractivity contribution in [2.24, 2.45) is 0 Å². The van der Waals surface area contributed by atoms with Crippen LogP contribution in [0.5, 0.6) is 5.75 Å². The molecule has 0 fully saturated rings. The van der Waals surface area contributed by atoms with E-state index in [1.165, 1.54) is 6.07 Å². The second kappa shape index (κ2) is 4.28. The number of Topliss-reactive ketones (excluding diaryl/α,β-unsaturated/α-hetero) is 1. The summed E-state index contributed by atoms with van der Waals surface area (Å²) < 4.78 is 0. The number of carbonyl (C=O) groups excluding carboxylic acids is 1. The first-order valence-electron chi connectivity index (χ1n) is 5.97. The van der Waals surface area contributed by atoms with Crippen molar-refractivity contribution in [1.82, 2.24) is 0 Å². The molecule has 0 amide bonds. The van der Waals surface area contributed by atoms with Crippen LogP contribution in [0.3, 0.4) is 0 Å². The number of ketones is 1. The third kappa shape index (κ3) is 1.96. The van der Waals surface area contributed by atoms with E-state index in [2.05, 4.69) is 0 Å². The number of hydrogen-bond donors (Lipinski definition) is 2. The summed E-state index contributed by atoms with van der Waals surface area (Å²) >= 11 is 5.87. The van der Waals surface area contributed by atoms with Gasteiger partial charge in [0, 0.05) is 22.9 Å². The molecule has 2 aromatic rings. The van der Waals surface area contributed by atoms with E-state index in [-0.39, 0.29) is 17.5 Å². The lowest BCUT2D eigenvalue weighted by Crippen LogP contribution is -1.97. The van der Waals surface area contributed by atoms with Crippen LogP contribution in [-0.2, 0) is 0 Å². The summed E-state index contributed by atoms with van der Waals surface area (Å²) in [6.45, 7) is 0. The summed E-state index contributed by atoms with van der Waals surface area (Å²) in [5.74, 6) is -0.0169. The molecule has 0 heterocycles. The number of benzene rings is 2. The lowest BCUT2D eigenvalue weighted by Gasteiger charge is -2.12. The number of carbonyl (C=O) groups is 1. The van der Waals surface area contributed by atoms with Crippen molar-refractivity contribution in [3.63, 3.8) is 0 Å². The summed E-state index contributed by atoms with van der Waals surface area (Å²) in [6, 6.07) is 10.6. The number of anilines is 1. The Morgan fingerprint density at radius 3 is 2.58 bits per heavy atom. The van der Waals surface area contributed by atoms with E-state index in [1.807, 2.05) is 24.3 Å². The first kappa shape index (κ1) is 12.1. The van der Waals surface area contributed by atoms with Gasteiger partial charge in [-0.15, -0.1) is 0 Å². The number of aromatic hydroxyl groups is 1. The van der Waals surface area contributed by atoms with Crippen LogP contribution >= 0.6 is 11.6 Å². The first-order valence-corrected chi connectivity index (χ1v) is 6.35. The van der Waals surface area contributed by atoms with Crippen molar-refractivity contribution < 1.29 is 9.90 Å². The molecule has 2 aromatic carbocycles. The van der Waals surface area contributed by atoms with Gasteiger partial charge >= 0.3 is 0 Å². The van der Waals surface area contributed by atoms with Crippen LogP contribution in [0.25, 0.3) is 0 Å². The molecule has 1 aliphatic rings. The van der Waals surface area contributed by atoms with Gasteiger partial charge in [-0.1, -0.05) is 23.7 Å². The van der Waals surface area contributed by atoms with Crippen molar-refractivity contribution in [3.05, 3.63) is 58.1 Å². The molecule has 0 spiro atoms. The maximum atomic E-state index is 12.0. The molecule has 19 heavy (non-hydrogen) atoms. The second-order valence-electron chi connectivity index (χ2n) is 4.73. The summed E-state index contributed by atoms with van der Waals surface area (Å²) in [5.41, 5.74) is 8.49. The van der Waals surface area contributed by atoms with E-state index in [0.717, 1.165) is 11.1 Å². The van der Waals surface area contributed by atoms with Gasteiger partial charge in [0.2, 0.25) is 0 Å². The number of phenolic OH excluding ortho intramolecular Hbond substituents is 1. The zero-order valence-electron chi connectivity index (χ0n) is 10.1. The maximum absolute atomic E-state index is 12.0. The highest BCUT2D eigenvalue weighted by atomic mass is 35.5. The lowest BCUT2D eigenvalue weighted by molar-refractivity contribution is 0.0991. The van der Waals surface area contributed by atoms with Gasteiger partial charge in [0.1, 0.15) is 5.75 Å². The molecule has 1 atom stereocenters. The minimum Gasteiger partial charge on any atom is -0.506 e. The topological polar surface area (TPSA) is 63.3 Å². The fourth-order valence-electron chi connectivity index (χ4n) is 2.55. The van der Waals surface area contributed by atoms with Crippen LogP contribution in [0.15, 0.2) is 36.4 Å². The van der Waals surface area contributed by atoms with Crippen LogP contribution in [0.2, 0.25) is 5.02 Å². The van der Waals surface area contributed by atoms with Crippen molar-refractivity contribution >= 4 is 23.1 Å². The Hall–Kier alpha value is -2.00. The predicted molar refractivity (Wildman–Crippen MR) is 74.8 cm³/mol. The number of phenols is 1. The third-order valence-corrected chi connectivity index (χ3v) is 3.79. The van der Waals surface area contributed by atoms with Crippen LogP contribution in [0.4, 0.5) is 5.69 Å². The molecular formula is C15H12ClNO2. The Balaban J connectivity index is 2.11. The van der Waals surface area contributed by atoms with Crippen molar-refractivity contribution in [1.29, 1.82) is 0 Å². The minimum absolute atomic E-state index is 0.0114. The Bertz CT molecular complexity index is 665. The van der Waals surface area contributed by atoms with E-state index in [4.69, 9.17) is 17.3 Å². The van der Waals surface area contributed by atoms with Gasteiger partial charge in [-0.25, -0.2) is 0 Å². The molecule has 0 bridgehead atoms. The highest BCUT2D eigenvalue weighted by molar-refractivity contribution is 6.30. The second-order valence-corrected chi connectivity index (χ2v) is 5.17. The Morgan fingerprint density at radius 1 is 1.21 bits per heavy atom. The first-order chi connectivity index (χ1) is 9.06. The van der Waals surface area contributed by atoms with Crippen LogP contribution < -0.4 is 5.73 Å². The van der Waals surface area contributed by atoms with Crippen LogP contribution in [-0.4, -0.2) is 10.9 Å². The average molecular weight is 274 g/mol. The predicted octanol–water partition coefficient (Wildman–Crippen LogP) is 3.35. The Morgan fingerprint density at radius 2 is 1.89 bits per heavy atom. The smallest absolute Gasteiger partial charge is 0.164 e. The van der Waals surface area contributed by atoms with Gasteiger partial charge in [-0.2, -0.15) is 0 Å². The molecule has 0 aliphatic heterocycles. The summed E-state index contributed by atoms with van der Waals surface area (Å²) in [5, 5.41) is 10.3. The Kier molecular flexibility index (Phi) is 2.72. The van der Waals surface area contributed by atoms with Gasteiger partial charge in [-0.05, 0) is 35.4 Å². The van der Waals surface area contributed by atoms with E-state index >= 15 is 0 Å². The van der Waals surface area contributed by atoms with Gasteiger partial charge in [0.15, 0.2) is 5.78 Å². The highest BCUT2D eigenvalue weighted by Crippen LogP contribution is 2.41. The lowest BCUT2D eigenvalue weighted by atomic mass is 9.93. The fourth-order valence-corrected chi connectivity index (χ4v) is 2.68. The van der Waals surface area contributed by atoms with Crippen LogP contribution in [0, 0.1) is 0 Å². The zero-order chi connectivity index (χ0) is 13.6. The molecule has 0 aromatic heterocycles. The van der Waals surface area contributed by atoms with E-state index in [9.17, 15) is 9.90 Å². The molecule has 3 nitrogen and oxygen atoms in total. The van der Waals surface area contributed by atoms with Crippen molar-refractivity contribution in [2.75, 3.05) is 5.73 Å². The number of nitrogen functional groups attached to an aromatic ring is 1. The number of fused-ring (bicyclic) bond motifs is 1. The number of rotatable bonds is 1. The zero-order valence-corrected chi connectivity index (χ0v) is 10.8. The Labute approximate surface area is 115 Å². The van der Waals surface area contributed by atoms with E-state index < -0.39 is 0 Å². The minimum atomic E-state index is -0.0381. The standard InChI is InChI=1S/C15H12ClNO2/c16-9-3-1-8(2-4-9)10-6-14(18)12-7-15(19)13(17)5-11(10)12/h1-5,7,10,19H,6,17H2. The molecule has 3 N–H and O–H groups in total. The number of hydrogen-bond acceptors (Lipinski definition) is 3.